The molecule has 3 aromatic rings. The highest BCUT2D eigenvalue weighted by Crippen LogP contribution is 2.32. The number of carbonyl (C=O) groups is 1. The lowest BCUT2D eigenvalue weighted by molar-refractivity contribution is -0.124. The fourth-order valence-electron chi connectivity index (χ4n) is 3.81. The molecule has 4 rings (SSSR count). The van der Waals surface area contributed by atoms with Crippen LogP contribution < -0.4 is 10.1 Å². The molecule has 5 heteroatoms. The van der Waals surface area contributed by atoms with Gasteiger partial charge in [0.25, 0.3) is 5.91 Å². The fraction of sp³-hybridized carbons (Fsp3) is 0.292. The van der Waals surface area contributed by atoms with Gasteiger partial charge in [-0.1, -0.05) is 60.7 Å². The Morgan fingerprint density at radius 1 is 1.00 bits per heavy atom. The Bertz CT molecular complexity index is 969. The molecule has 3 aromatic carbocycles. The Balaban J connectivity index is 1.24. The van der Waals surface area contributed by atoms with Gasteiger partial charge in [0.2, 0.25) is 0 Å². The van der Waals surface area contributed by atoms with Crippen molar-refractivity contribution in [1.82, 2.24) is 10.2 Å². The molecule has 0 atom stereocenters. The zero-order chi connectivity index (χ0) is 20.1. The molecule has 150 valence electrons. The number of halogens is 1. The average molecular weight is 453 g/mol. The van der Waals surface area contributed by atoms with Gasteiger partial charge in [0, 0.05) is 25.7 Å². The molecule has 0 radical (unpaired) electrons. The minimum absolute atomic E-state index is 0.0289. The number of carbonyl (C=O) groups excluding carboxylic acids is 1. The van der Waals surface area contributed by atoms with E-state index in [-0.39, 0.29) is 18.6 Å². The van der Waals surface area contributed by atoms with E-state index in [1.165, 1.54) is 5.56 Å². The number of hydrogen-bond donors (Lipinski definition) is 1. The first-order valence-corrected chi connectivity index (χ1v) is 10.8. The Hall–Kier alpha value is -2.37. The van der Waals surface area contributed by atoms with E-state index in [1.54, 1.807) is 0 Å². The summed E-state index contributed by atoms with van der Waals surface area (Å²) in [5.41, 5.74) is 1.34. The van der Waals surface area contributed by atoms with Crippen LogP contribution in [0, 0.1) is 0 Å². The molecule has 29 heavy (non-hydrogen) atoms. The van der Waals surface area contributed by atoms with Crippen LogP contribution in [0.4, 0.5) is 0 Å². The Labute approximate surface area is 180 Å². The van der Waals surface area contributed by atoms with Crippen LogP contribution in [0.25, 0.3) is 10.8 Å². The normalized spacial score (nSPS) is 15.3. The second-order valence-corrected chi connectivity index (χ2v) is 8.28. The van der Waals surface area contributed by atoms with Crippen molar-refractivity contribution < 1.29 is 9.53 Å². The van der Waals surface area contributed by atoms with E-state index in [1.807, 2.05) is 36.4 Å². The summed E-state index contributed by atoms with van der Waals surface area (Å²) < 4.78 is 6.67. The van der Waals surface area contributed by atoms with Crippen molar-refractivity contribution >= 4 is 32.6 Å². The maximum absolute atomic E-state index is 12.4. The maximum Gasteiger partial charge on any atom is 0.258 e. The predicted molar refractivity (Wildman–Crippen MR) is 120 cm³/mol. The predicted octanol–water partition coefficient (Wildman–Crippen LogP) is 4.76. The topological polar surface area (TPSA) is 41.6 Å². The average Bonchev–Trinajstić information content (AvgIpc) is 2.76. The van der Waals surface area contributed by atoms with Crippen LogP contribution in [-0.2, 0) is 11.3 Å². The zero-order valence-electron chi connectivity index (χ0n) is 16.3. The molecular formula is C24H25BrN2O2. The molecule has 1 aliphatic rings. The van der Waals surface area contributed by atoms with Crippen molar-refractivity contribution in [1.29, 1.82) is 0 Å². The first-order chi connectivity index (χ1) is 14.2. The summed E-state index contributed by atoms with van der Waals surface area (Å²) in [5.74, 6) is 0.628. The van der Waals surface area contributed by atoms with Crippen molar-refractivity contribution in [3.8, 4) is 5.75 Å². The van der Waals surface area contributed by atoms with Gasteiger partial charge < -0.3 is 10.1 Å². The summed E-state index contributed by atoms with van der Waals surface area (Å²) in [6, 6.07) is 22.8. The molecule has 4 nitrogen and oxygen atoms in total. The SMILES string of the molecule is O=C(COc1ccc2ccccc2c1Br)NC1CCN(Cc2ccccc2)CC1. The molecule has 1 fully saturated rings. The zero-order valence-corrected chi connectivity index (χ0v) is 17.9. The lowest BCUT2D eigenvalue weighted by Gasteiger charge is -2.32. The van der Waals surface area contributed by atoms with Crippen LogP contribution in [0.3, 0.4) is 0 Å². The van der Waals surface area contributed by atoms with E-state index in [0.717, 1.165) is 47.7 Å². The van der Waals surface area contributed by atoms with Crippen LogP contribution in [0.5, 0.6) is 5.75 Å². The molecule has 0 aliphatic carbocycles. The van der Waals surface area contributed by atoms with E-state index < -0.39 is 0 Å². The van der Waals surface area contributed by atoms with Gasteiger partial charge in [0.15, 0.2) is 6.61 Å². The van der Waals surface area contributed by atoms with Crippen LogP contribution in [0.15, 0.2) is 71.2 Å². The monoisotopic (exact) mass is 452 g/mol. The van der Waals surface area contributed by atoms with Crippen molar-refractivity contribution in [3.63, 3.8) is 0 Å². The van der Waals surface area contributed by atoms with Crippen molar-refractivity contribution in [3.05, 3.63) is 76.8 Å². The number of likely N-dealkylation sites (tertiary alicyclic amines) is 1. The molecule has 1 amide bonds. The summed E-state index contributed by atoms with van der Waals surface area (Å²) in [5, 5.41) is 5.34. The van der Waals surface area contributed by atoms with Crippen LogP contribution in [0.1, 0.15) is 18.4 Å². The highest BCUT2D eigenvalue weighted by molar-refractivity contribution is 9.10. The third-order valence-corrected chi connectivity index (χ3v) is 6.21. The number of piperidine rings is 1. The molecule has 0 spiro atoms. The van der Waals surface area contributed by atoms with Gasteiger partial charge in [-0.3, -0.25) is 9.69 Å². The van der Waals surface area contributed by atoms with Gasteiger partial charge in [-0.15, -0.1) is 0 Å². The number of rotatable bonds is 6. The van der Waals surface area contributed by atoms with Gasteiger partial charge in [-0.25, -0.2) is 0 Å². The second kappa shape index (κ2) is 9.42. The van der Waals surface area contributed by atoms with E-state index in [2.05, 4.69) is 56.5 Å². The van der Waals surface area contributed by atoms with E-state index in [4.69, 9.17) is 4.74 Å². The van der Waals surface area contributed by atoms with Gasteiger partial charge in [0.1, 0.15) is 5.75 Å². The summed E-state index contributed by atoms with van der Waals surface area (Å²) in [6.07, 6.45) is 1.94. The Morgan fingerprint density at radius 3 is 2.52 bits per heavy atom. The summed E-state index contributed by atoms with van der Waals surface area (Å²) in [4.78, 5) is 14.8. The lowest BCUT2D eigenvalue weighted by atomic mass is 10.0. The minimum atomic E-state index is -0.0634. The highest BCUT2D eigenvalue weighted by atomic mass is 79.9. The smallest absolute Gasteiger partial charge is 0.258 e. The molecule has 0 bridgehead atoms. The van der Waals surface area contributed by atoms with Crippen LogP contribution in [0.2, 0.25) is 0 Å². The largest absolute Gasteiger partial charge is 0.483 e. The van der Waals surface area contributed by atoms with Gasteiger partial charge in [0.05, 0.1) is 4.47 Å². The number of hydrogen-bond acceptors (Lipinski definition) is 3. The van der Waals surface area contributed by atoms with Crippen molar-refractivity contribution in [2.24, 2.45) is 0 Å². The quantitative estimate of drug-likeness (QED) is 0.585. The van der Waals surface area contributed by atoms with Crippen molar-refractivity contribution in [2.45, 2.75) is 25.4 Å². The number of ether oxygens (including phenoxy) is 1. The third-order valence-electron chi connectivity index (χ3n) is 5.39. The van der Waals surface area contributed by atoms with Gasteiger partial charge in [-0.05, 0) is 51.2 Å². The molecule has 1 aliphatic heterocycles. The maximum atomic E-state index is 12.4. The molecule has 0 unspecified atom stereocenters. The standard InChI is InChI=1S/C24H25BrN2O2/c25-24-21-9-5-4-8-19(21)10-11-22(24)29-17-23(28)26-20-12-14-27(15-13-20)16-18-6-2-1-3-7-18/h1-11,20H,12-17H2,(H,26,28). The molecule has 1 heterocycles. The molecular weight excluding hydrogens is 428 g/mol. The minimum Gasteiger partial charge on any atom is -0.483 e. The Morgan fingerprint density at radius 2 is 1.72 bits per heavy atom. The van der Waals surface area contributed by atoms with Gasteiger partial charge >= 0.3 is 0 Å². The second-order valence-electron chi connectivity index (χ2n) is 7.49. The van der Waals surface area contributed by atoms with Crippen LogP contribution >= 0.6 is 15.9 Å². The molecule has 0 saturated carbocycles. The highest BCUT2D eigenvalue weighted by Gasteiger charge is 2.21. The molecule has 0 aromatic heterocycles. The third kappa shape index (κ3) is 5.17. The first-order valence-electron chi connectivity index (χ1n) is 10.0. The first kappa shape index (κ1) is 19.9. The van der Waals surface area contributed by atoms with E-state index >= 15 is 0 Å². The van der Waals surface area contributed by atoms with E-state index in [0.29, 0.717) is 5.75 Å². The fourth-order valence-corrected chi connectivity index (χ4v) is 4.42. The summed E-state index contributed by atoms with van der Waals surface area (Å²) in [7, 11) is 0. The van der Waals surface area contributed by atoms with E-state index in [9.17, 15) is 4.79 Å². The lowest BCUT2D eigenvalue weighted by Crippen LogP contribution is -2.45. The number of nitrogens with one attached hydrogen (secondary N) is 1. The summed E-state index contributed by atoms with van der Waals surface area (Å²) >= 11 is 3.60. The number of nitrogens with zero attached hydrogens (tertiary/aromatic N) is 1. The van der Waals surface area contributed by atoms with Crippen LogP contribution in [-0.4, -0.2) is 36.5 Å². The Kier molecular flexibility index (Phi) is 6.47. The number of amides is 1. The molecule has 1 N–H and O–H groups in total. The van der Waals surface area contributed by atoms with Crippen molar-refractivity contribution in [2.75, 3.05) is 19.7 Å². The van der Waals surface area contributed by atoms with Gasteiger partial charge in [-0.2, -0.15) is 0 Å². The number of benzene rings is 3. The number of fused-ring (bicyclic) bond motifs is 1. The summed E-state index contributed by atoms with van der Waals surface area (Å²) in [6.45, 7) is 3.00. The molecule has 1 saturated heterocycles.